The van der Waals surface area contributed by atoms with Crippen LogP contribution in [0.5, 0.6) is 0 Å². The summed E-state index contributed by atoms with van der Waals surface area (Å²) in [7, 11) is 1.30. The van der Waals surface area contributed by atoms with E-state index in [2.05, 4.69) is 4.99 Å². The number of ether oxygens (including phenoxy) is 1. The highest BCUT2D eigenvalue weighted by atomic mass is 32.1. The maximum absolute atomic E-state index is 12.4. The summed E-state index contributed by atoms with van der Waals surface area (Å²) in [6.45, 7) is 3.85. The van der Waals surface area contributed by atoms with Crippen LogP contribution in [0, 0.1) is 24.0 Å². The van der Waals surface area contributed by atoms with Gasteiger partial charge in [0, 0.05) is 17.0 Å². The Morgan fingerprint density at radius 1 is 1.28 bits per heavy atom. The lowest BCUT2D eigenvalue weighted by Crippen LogP contribution is -2.22. The summed E-state index contributed by atoms with van der Waals surface area (Å²) < 4.78 is 7.36. The Balaban J connectivity index is 2.01. The third-order valence-corrected chi connectivity index (χ3v) is 6.04. The van der Waals surface area contributed by atoms with E-state index in [9.17, 15) is 19.7 Å². The van der Waals surface area contributed by atoms with Crippen LogP contribution in [0.15, 0.2) is 35.3 Å². The van der Waals surface area contributed by atoms with Gasteiger partial charge in [0.05, 0.1) is 22.2 Å². The van der Waals surface area contributed by atoms with Gasteiger partial charge in [-0.3, -0.25) is 19.7 Å². The van der Waals surface area contributed by atoms with Crippen molar-refractivity contribution >= 4 is 55.8 Å². The van der Waals surface area contributed by atoms with Crippen LogP contribution in [0.1, 0.15) is 16.0 Å². The van der Waals surface area contributed by atoms with Crippen LogP contribution in [-0.2, 0) is 20.9 Å². The van der Waals surface area contributed by atoms with Gasteiger partial charge in [-0.2, -0.15) is 4.99 Å². The van der Waals surface area contributed by atoms with E-state index < -0.39 is 16.8 Å². The Morgan fingerprint density at radius 3 is 2.69 bits per heavy atom. The molecule has 0 spiro atoms. The number of methoxy groups -OCH3 is 1. The molecule has 3 rings (SSSR count). The van der Waals surface area contributed by atoms with Crippen molar-refractivity contribution < 1.29 is 19.2 Å². The standard InChI is InChI=1S/C19H17N3O5S2/c1-11-8-12(2)18-14(9-11)29-19(21(18)10-17(24)27-3)20-15(23)6-4-13-5-7-16(28-13)22(25)26/h4-9H,10H2,1-3H3/b6-4+,20-19?. The van der Waals surface area contributed by atoms with Crippen LogP contribution >= 0.6 is 22.7 Å². The summed E-state index contributed by atoms with van der Waals surface area (Å²) in [5, 5.41) is 10.7. The van der Waals surface area contributed by atoms with Crippen molar-refractivity contribution in [1.82, 2.24) is 4.57 Å². The molecular weight excluding hydrogens is 414 g/mol. The van der Waals surface area contributed by atoms with Gasteiger partial charge in [-0.05, 0) is 43.2 Å². The van der Waals surface area contributed by atoms with E-state index in [0.29, 0.717) is 9.68 Å². The van der Waals surface area contributed by atoms with Gasteiger partial charge in [-0.1, -0.05) is 28.7 Å². The fraction of sp³-hybridized carbons (Fsp3) is 0.211. The van der Waals surface area contributed by atoms with E-state index in [1.807, 2.05) is 26.0 Å². The smallest absolute Gasteiger partial charge is 0.325 e. The molecule has 1 aromatic carbocycles. The molecule has 0 atom stereocenters. The van der Waals surface area contributed by atoms with Crippen molar-refractivity contribution in [2.24, 2.45) is 4.99 Å². The summed E-state index contributed by atoms with van der Waals surface area (Å²) >= 11 is 2.28. The molecule has 1 amide bonds. The molecule has 0 aliphatic rings. The number of aryl methyl sites for hydroxylation is 2. The Kier molecular flexibility index (Phi) is 6.04. The molecule has 3 aromatic rings. The minimum atomic E-state index is -0.527. The lowest BCUT2D eigenvalue weighted by Gasteiger charge is -2.06. The number of carbonyl (C=O) groups excluding carboxylic acids is 2. The summed E-state index contributed by atoms with van der Waals surface area (Å²) in [6.07, 6.45) is 2.73. The lowest BCUT2D eigenvalue weighted by molar-refractivity contribution is -0.380. The zero-order valence-electron chi connectivity index (χ0n) is 15.9. The number of carbonyl (C=O) groups is 2. The van der Waals surface area contributed by atoms with Crippen LogP contribution in [0.3, 0.4) is 0 Å². The minimum Gasteiger partial charge on any atom is -0.468 e. The topological polar surface area (TPSA) is 104 Å². The molecule has 0 radical (unpaired) electrons. The number of aromatic nitrogens is 1. The molecule has 0 saturated carbocycles. The fourth-order valence-corrected chi connectivity index (χ4v) is 4.77. The number of nitrogens with zero attached hydrogens (tertiary/aromatic N) is 3. The SMILES string of the molecule is COC(=O)Cn1c(=NC(=O)/C=C/c2ccc([N+](=O)[O-])s2)sc2cc(C)cc(C)c21. The number of fused-ring (bicyclic) bond motifs is 1. The highest BCUT2D eigenvalue weighted by Gasteiger charge is 2.14. The molecule has 10 heteroatoms. The fourth-order valence-electron chi connectivity index (χ4n) is 2.83. The molecule has 29 heavy (non-hydrogen) atoms. The zero-order chi connectivity index (χ0) is 21.1. The zero-order valence-corrected chi connectivity index (χ0v) is 17.5. The number of esters is 1. The highest BCUT2D eigenvalue weighted by molar-refractivity contribution is 7.16. The van der Waals surface area contributed by atoms with E-state index in [-0.39, 0.29) is 11.5 Å². The highest BCUT2D eigenvalue weighted by Crippen LogP contribution is 2.25. The van der Waals surface area contributed by atoms with Crippen LogP contribution in [0.4, 0.5) is 5.00 Å². The molecule has 8 nitrogen and oxygen atoms in total. The number of thiophene rings is 1. The number of hydrogen-bond acceptors (Lipinski definition) is 7. The molecular formula is C19H17N3O5S2. The Morgan fingerprint density at radius 2 is 2.03 bits per heavy atom. The number of thiazole rings is 1. The van der Waals surface area contributed by atoms with Crippen LogP contribution < -0.4 is 4.80 Å². The van der Waals surface area contributed by atoms with Crippen LogP contribution in [-0.4, -0.2) is 28.5 Å². The van der Waals surface area contributed by atoms with E-state index >= 15 is 0 Å². The van der Waals surface area contributed by atoms with Crippen molar-refractivity contribution in [3.05, 3.63) is 61.3 Å². The molecule has 0 saturated heterocycles. The molecule has 0 unspecified atom stereocenters. The number of hydrogen-bond donors (Lipinski definition) is 0. The molecule has 2 aromatic heterocycles. The molecule has 0 aliphatic heterocycles. The number of nitro groups is 1. The largest absolute Gasteiger partial charge is 0.468 e. The van der Waals surface area contributed by atoms with Gasteiger partial charge < -0.3 is 9.30 Å². The van der Waals surface area contributed by atoms with Gasteiger partial charge in [0.1, 0.15) is 6.54 Å². The Hall–Kier alpha value is -3.11. The second kappa shape index (κ2) is 8.50. The number of amides is 1. The average molecular weight is 431 g/mol. The molecule has 0 N–H and O–H groups in total. The van der Waals surface area contributed by atoms with E-state index in [0.717, 1.165) is 32.7 Å². The first-order valence-electron chi connectivity index (χ1n) is 8.47. The average Bonchev–Trinajstić information content (AvgIpc) is 3.25. The van der Waals surface area contributed by atoms with Crippen molar-refractivity contribution in [2.45, 2.75) is 20.4 Å². The van der Waals surface area contributed by atoms with Crippen molar-refractivity contribution in [1.29, 1.82) is 0 Å². The molecule has 0 fully saturated rings. The van der Waals surface area contributed by atoms with Crippen LogP contribution in [0.2, 0.25) is 0 Å². The van der Waals surface area contributed by atoms with Crippen molar-refractivity contribution in [3.8, 4) is 0 Å². The Bertz CT molecular complexity index is 1220. The van der Waals surface area contributed by atoms with Gasteiger partial charge in [0.2, 0.25) is 0 Å². The van der Waals surface area contributed by atoms with E-state index in [1.165, 1.54) is 36.7 Å². The normalized spacial score (nSPS) is 12.0. The summed E-state index contributed by atoms with van der Waals surface area (Å²) in [4.78, 5) is 39.6. The first kappa shape index (κ1) is 20.6. The second-order valence-electron chi connectivity index (χ2n) is 6.19. The minimum absolute atomic E-state index is 0.000286. The molecule has 0 bridgehead atoms. The Labute approximate surface area is 173 Å². The molecule has 0 aliphatic carbocycles. The summed E-state index contributed by atoms with van der Waals surface area (Å²) in [6, 6.07) is 6.92. The maximum Gasteiger partial charge on any atom is 0.325 e. The van der Waals surface area contributed by atoms with Crippen molar-refractivity contribution in [2.75, 3.05) is 7.11 Å². The molecule has 150 valence electrons. The van der Waals surface area contributed by atoms with Crippen molar-refractivity contribution in [3.63, 3.8) is 0 Å². The van der Waals surface area contributed by atoms with Gasteiger partial charge in [0.25, 0.3) is 5.91 Å². The summed E-state index contributed by atoms with van der Waals surface area (Å²) in [5.74, 6) is -0.972. The molecule has 2 heterocycles. The predicted octanol–water partition coefficient (Wildman–Crippen LogP) is 3.60. The maximum atomic E-state index is 12.4. The first-order valence-corrected chi connectivity index (χ1v) is 10.1. The van der Waals surface area contributed by atoms with E-state index in [1.54, 1.807) is 10.6 Å². The first-order chi connectivity index (χ1) is 13.8. The third-order valence-electron chi connectivity index (χ3n) is 4.02. The van der Waals surface area contributed by atoms with Gasteiger partial charge in [-0.15, -0.1) is 0 Å². The third kappa shape index (κ3) is 4.66. The van der Waals surface area contributed by atoms with Gasteiger partial charge in [0.15, 0.2) is 4.80 Å². The van der Waals surface area contributed by atoms with Crippen LogP contribution in [0.25, 0.3) is 16.3 Å². The van der Waals surface area contributed by atoms with E-state index in [4.69, 9.17) is 4.74 Å². The number of rotatable bonds is 5. The van der Waals surface area contributed by atoms with Gasteiger partial charge in [-0.25, -0.2) is 0 Å². The lowest BCUT2D eigenvalue weighted by atomic mass is 10.1. The summed E-state index contributed by atoms with van der Waals surface area (Å²) in [5.41, 5.74) is 2.87. The number of benzene rings is 1. The quantitative estimate of drug-likeness (QED) is 0.266. The monoisotopic (exact) mass is 431 g/mol. The van der Waals surface area contributed by atoms with Gasteiger partial charge >= 0.3 is 11.0 Å². The second-order valence-corrected chi connectivity index (χ2v) is 8.29. The predicted molar refractivity (Wildman–Crippen MR) is 112 cm³/mol.